The molecule has 0 aliphatic carbocycles. The van der Waals surface area contributed by atoms with E-state index < -0.39 is 0 Å². The van der Waals surface area contributed by atoms with Crippen LogP contribution in [0, 0.1) is 0 Å². The fourth-order valence-electron chi connectivity index (χ4n) is 1.59. The highest BCUT2D eigenvalue weighted by molar-refractivity contribution is 6.17. The van der Waals surface area contributed by atoms with Crippen LogP contribution in [0.5, 0.6) is 0 Å². The average Bonchev–Trinajstić information content (AvgIpc) is 2.24. The summed E-state index contributed by atoms with van der Waals surface area (Å²) in [4.78, 5) is 0. The van der Waals surface area contributed by atoms with Crippen molar-refractivity contribution in [2.75, 3.05) is 5.88 Å². The maximum Gasteiger partial charge on any atom is 0.0226 e. The van der Waals surface area contributed by atoms with Crippen LogP contribution in [0.3, 0.4) is 0 Å². The predicted octanol–water partition coefficient (Wildman–Crippen LogP) is 4.20. The lowest BCUT2D eigenvalue weighted by atomic mass is 10.0. The van der Waals surface area contributed by atoms with E-state index in [1.165, 1.54) is 30.4 Å². The van der Waals surface area contributed by atoms with Gasteiger partial charge in [-0.2, -0.15) is 0 Å². The Balaban J connectivity index is 2.50. The van der Waals surface area contributed by atoms with Crippen molar-refractivity contribution in [3.8, 4) is 0 Å². The van der Waals surface area contributed by atoms with E-state index in [9.17, 15) is 0 Å². The minimum absolute atomic E-state index is 0.763. The van der Waals surface area contributed by atoms with Gasteiger partial charge in [0, 0.05) is 5.88 Å². The highest BCUT2D eigenvalue weighted by Gasteiger charge is 1.95. The van der Waals surface area contributed by atoms with Crippen LogP contribution >= 0.6 is 11.6 Å². The summed E-state index contributed by atoms with van der Waals surface area (Å²) in [5.74, 6) is 0.763. The molecule has 0 aliphatic rings. The zero-order valence-electron chi connectivity index (χ0n) is 8.93. The van der Waals surface area contributed by atoms with Gasteiger partial charge in [0.1, 0.15) is 0 Å². The molecular formula is C13H19Cl. The van der Waals surface area contributed by atoms with Crippen LogP contribution in [-0.4, -0.2) is 5.88 Å². The van der Waals surface area contributed by atoms with Gasteiger partial charge >= 0.3 is 0 Å². The third kappa shape index (κ3) is 4.15. The summed E-state index contributed by atoms with van der Waals surface area (Å²) >= 11 is 5.67. The molecule has 0 amide bonds. The lowest BCUT2D eigenvalue weighted by Gasteiger charge is -2.03. The van der Waals surface area contributed by atoms with Gasteiger partial charge in [-0.3, -0.25) is 0 Å². The molecule has 0 spiro atoms. The molecule has 0 aliphatic heterocycles. The van der Waals surface area contributed by atoms with Gasteiger partial charge in [0.25, 0.3) is 0 Å². The molecule has 0 heterocycles. The first kappa shape index (κ1) is 11.6. The van der Waals surface area contributed by atoms with Gasteiger partial charge in [0.2, 0.25) is 0 Å². The Hall–Kier alpha value is -0.490. The second kappa shape index (κ2) is 6.89. The summed E-state index contributed by atoms with van der Waals surface area (Å²) in [7, 11) is 0. The van der Waals surface area contributed by atoms with E-state index in [-0.39, 0.29) is 0 Å². The van der Waals surface area contributed by atoms with Crippen molar-refractivity contribution < 1.29 is 0 Å². The monoisotopic (exact) mass is 210 g/mol. The largest absolute Gasteiger partial charge is 0.127 e. The maximum absolute atomic E-state index is 5.67. The molecule has 1 aromatic carbocycles. The summed E-state index contributed by atoms with van der Waals surface area (Å²) in [5.41, 5.74) is 2.90. The smallest absolute Gasteiger partial charge is 0.0226 e. The molecule has 0 unspecified atom stereocenters. The fourth-order valence-corrected chi connectivity index (χ4v) is 1.73. The van der Waals surface area contributed by atoms with E-state index in [1.54, 1.807) is 0 Å². The van der Waals surface area contributed by atoms with Gasteiger partial charge in [0.05, 0.1) is 0 Å². The number of unbranched alkanes of at least 4 members (excludes halogenated alkanes) is 1. The number of alkyl halides is 1. The molecule has 0 saturated carbocycles. The summed E-state index contributed by atoms with van der Waals surface area (Å²) in [6.07, 6.45) is 5.97. The van der Waals surface area contributed by atoms with Crippen LogP contribution in [0.2, 0.25) is 0 Å². The van der Waals surface area contributed by atoms with Gasteiger partial charge in [-0.15, -0.1) is 11.6 Å². The molecule has 0 saturated heterocycles. The third-order valence-electron chi connectivity index (χ3n) is 2.41. The van der Waals surface area contributed by atoms with Gasteiger partial charge in [0.15, 0.2) is 0 Å². The van der Waals surface area contributed by atoms with Gasteiger partial charge in [-0.25, -0.2) is 0 Å². The molecule has 0 radical (unpaired) electrons. The third-order valence-corrected chi connectivity index (χ3v) is 2.68. The van der Waals surface area contributed by atoms with Crippen LogP contribution in [0.15, 0.2) is 24.3 Å². The van der Waals surface area contributed by atoms with E-state index >= 15 is 0 Å². The summed E-state index contributed by atoms with van der Waals surface area (Å²) in [6, 6.07) is 8.90. The Bertz CT molecular complexity index is 232. The zero-order chi connectivity index (χ0) is 10.2. The second-order valence-electron chi connectivity index (χ2n) is 3.72. The Morgan fingerprint density at radius 2 is 1.71 bits per heavy atom. The Labute approximate surface area is 92.3 Å². The van der Waals surface area contributed by atoms with Crippen LogP contribution in [-0.2, 0) is 12.8 Å². The van der Waals surface area contributed by atoms with E-state index in [4.69, 9.17) is 11.6 Å². The standard InChI is InChI=1S/C13H19Cl/c1-2-3-6-12-7-4-8-13(11-12)9-5-10-14/h4,7-8,11H,2-3,5-6,9-10H2,1H3. The summed E-state index contributed by atoms with van der Waals surface area (Å²) < 4.78 is 0. The van der Waals surface area contributed by atoms with Crippen LogP contribution in [0.4, 0.5) is 0 Å². The van der Waals surface area contributed by atoms with E-state index in [0.29, 0.717) is 0 Å². The lowest BCUT2D eigenvalue weighted by Crippen LogP contribution is -1.90. The molecule has 1 heteroatoms. The number of benzene rings is 1. The highest BCUT2D eigenvalue weighted by atomic mass is 35.5. The number of halogens is 1. The van der Waals surface area contributed by atoms with E-state index in [1.807, 2.05) is 0 Å². The molecule has 14 heavy (non-hydrogen) atoms. The summed E-state index contributed by atoms with van der Waals surface area (Å²) in [6.45, 7) is 2.23. The molecule has 1 rings (SSSR count). The molecule has 78 valence electrons. The number of hydrogen-bond acceptors (Lipinski definition) is 0. The number of aryl methyl sites for hydroxylation is 2. The van der Waals surface area contributed by atoms with Crippen molar-refractivity contribution in [3.05, 3.63) is 35.4 Å². The van der Waals surface area contributed by atoms with Gasteiger partial charge < -0.3 is 0 Å². The second-order valence-corrected chi connectivity index (χ2v) is 4.09. The minimum atomic E-state index is 0.763. The zero-order valence-corrected chi connectivity index (χ0v) is 9.69. The van der Waals surface area contributed by atoms with Gasteiger partial charge in [-0.1, -0.05) is 37.6 Å². The van der Waals surface area contributed by atoms with E-state index in [0.717, 1.165) is 18.7 Å². The summed E-state index contributed by atoms with van der Waals surface area (Å²) in [5, 5.41) is 0. The van der Waals surface area contributed by atoms with Crippen LogP contribution < -0.4 is 0 Å². The van der Waals surface area contributed by atoms with E-state index in [2.05, 4.69) is 31.2 Å². The van der Waals surface area contributed by atoms with Crippen molar-refractivity contribution in [2.45, 2.75) is 39.0 Å². The molecule has 0 bridgehead atoms. The number of rotatable bonds is 6. The first-order valence-corrected chi connectivity index (χ1v) is 6.04. The minimum Gasteiger partial charge on any atom is -0.127 e. The van der Waals surface area contributed by atoms with Gasteiger partial charge in [-0.05, 0) is 36.8 Å². The highest BCUT2D eigenvalue weighted by Crippen LogP contribution is 2.10. The maximum atomic E-state index is 5.67. The van der Waals surface area contributed by atoms with Crippen molar-refractivity contribution in [3.63, 3.8) is 0 Å². The van der Waals surface area contributed by atoms with Crippen molar-refractivity contribution in [2.24, 2.45) is 0 Å². The lowest BCUT2D eigenvalue weighted by molar-refractivity contribution is 0.792. The Morgan fingerprint density at radius 1 is 1.07 bits per heavy atom. The first-order valence-electron chi connectivity index (χ1n) is 5.50. The molecule has 0 nitrogen and oxygen atoms in total. The fraction of sp³-hybridized carbons (Fsp3) is 0.538. The molecule has 0 atom stereocenters. The molecular weight excluding hydrogens is 192 g/mol. The normalized spacial score (nSPS) is 10.4. The predicted molar refractivity (Wildman–Crippen MR) is 64.1 cm³/mol. The molecule has 0 N–H and O–H groups in total. The first-order chi connectivity index (χ1) is 6.86. The Morgan fingerprint density at radius 3 is 2.29 bits per heavy atom. The van der Waals surface area contributed by atoms with Crippen LogP contribution in [0.25, 0.3) is 0 Å². The Kier molecular flexibility index (Phi) is 5.70. The molecule has 0 fully saturated rings. The number of hydrogen-bond donors (Lipinski definition) is 0. The van der Waals surface area contributed by atoms with Crippen molar-refractivity contribution in [1.82, 2.24) is 0 Å². The van der Waals surface area contributed by atoms with Crippen molar-refractivity contribution in [1.29, 1.82) is 0 Å². The average molecular weight is 211 g/mol. The quantitative estimate of drug-likeness (QED) is 0.618. The SMILES string of the molecule is CCCCc1cccc(CCCCl)c1. The van der Waals surface area contributed by atoms with Crippen molar-refractivity contribution >= 4 is 11.6 Å². The molecule has 1 aromatic rings. The topological polar surface area (TPSA) is 0 Å². The van der Waals surface area contributed by atoms with Crippen LogP contribution in [0.1, 0.15) is 37.3 Å². The molecule has 0 aromatic heterocycles.